The number of benzene rings is 1. The molecule has 0 radical (unpaired) electrons. The zero-order chi connectivity index (χ0) is 19.5. The van der Waals surface area contributed by atoms with Crippen LogP contribution in [0, 0.1) is 5.82 Å². The lowest BCUT2D eigenvalue weighted by atomic mass is 10.0. The molecule has 5 nitrogen and oxygen atoms in total. The number of nitrogens with zero attached hydrogens (tertiary/aromatic N) is 2. The number of nitrogens with one attached hydrogen (secondary N) is 1. The van der Waals surface area contributed by atoms with Crippen molar-refractivity contribution in [2.75, 3.05) is 24.5 Å². The quantitative estimate of drug-likeness (QED) is 0.856. The van der Waals surface area contributed by atoms with E-state index in [-0.39, 0.29) is 23.7 Å². The average Bonchev–Trinajstić information content (AvgIpc) is 3.40. The molecule has 2 aliphatic rings. The summed E-state index contributed by atoms with van der Waals surface area (Å²) < 4.78 is 13.5. The van der Waals surface area contributed by atoms with Crippen molar-refractivity contribution >= 4 is 28.8 Å². The highest BCUT2D eigenvalue weighted by molar-refractivity contribution is 7.12. The van der Waals surface area contributed by atoms with Crippen molar-refractivity contribution in [3.05, 3.63) is 52.5 Å². The summed E-state index contributed by atoms with van der Waals surface area (Å²) >= 11 is 1.41. The number of piperidine rings is 1. The molecule has 4 rings (SSSR count). The molecule has 7 heteroatoms. The number of anilines is 1. The molecular formula is C21H24FN3O2S. The van der Waals surface area contributed by atoms with Gasteiger partial charge in [-0.05, 0) is 55.3 Å². The van der Waals surface area contributed by atoms with Gasteiger partial charge in [0.1, 0.15) is 11.9 Å². The fourth-order valence-electron chi connectivity index (χ4n) is 4.12. The lowest BCUT2D eigenvalue weighted by Gasteiger charge is -2.35. The molecule has 2 aromatic rings. The third-order valence-corrected chi connectivity index (χ3v) is 6.35. The van der Waals surface area contributed by atoms with Crippen molar-refractivity contribution < 1.29 is 14.0 Å². The van der Waals surface area contributed by atoms with Crippen LogP contribution in [0.2, 0.25) is 0 Å². The van der Waals surface area contributed by atoms with Crippen molar-refractivity contribution in [2.45, 2.75) is 37.8 Å². The number of hydrogen-bond donors (Lipinski definition) is 1. The normalized spacial score (nSPS) is 22.3. The molecule has 1 aromatic heterocycles. The number of hydrogen-bond acceptors (Lipinski definition) is 4. The molecule has 2 fully saturated rings. The van der Waals surface area contributed by atoms with E-state index >= 15 is 0 Å². The van der Waals surface area contributed by atoms with E-state index in [2.05, 4.69) is 10.2 Å². The Labute approximate surface area is 168 Å². The van der Waals surface area contributed by atoms with Crippen LogP contribution in [0.3, 0.4) is 0 Å². The molecule has 0 spiro atoms. The van der Waals surface area contributed by atoms with E-state index in [1.165, 1.54) is 23.5 Å². The number of rotatable bonds is 4. The Hall–Kier alpha value is -2.41. The second kappa shape index (κ2) is 8.31. The first-order chi connectivity index (χ1) is 13.6. The highest BCUT2D eigenvalue weighted by atomic mass is 32.1. The smallest absolute Gasteiger partial charge is 0.264 e. The Morgan fingerprint density at radius 1 is 1.11 bits per heavy atom. The van der Waals surface area contributed by atoms with Gasteiger partial charge in [0.15, 0.2) is 0 Å². The molecule has 1 unspecified atom stereocenters. The Bertz CT molecular complexity index is 842. The van der Waals surface area contributed by atoms with E-state index in [1.807, 2.05) is 17.5 Å². The number of halogens is 1. The van der Waals surface area contributed by atoms with Gasteiger partial charge in [-0.15, -0.1) is 11.3 Å². The minimum absolute atomic E-state index is 0.00353. The number of thiophene rings is 1. The molecule has 2 aliphatic heterocycles. The SMILES string of the molecule is O=C(NC1CCCN(c2cccc(F)c2)C1)[C@@H]1CCCN1C(=O)c1cccs1. The first-order valence-electron chi connectivity index (χ1n) is 9.77. The van der Waals surface area contributed by atoms with Crippen LogP contribution in [0.4, 0.5) is 10.1 Å². The predicted molar refractivity (Wildman–Crippen MR) is 108 cm³/mol. The first-order valence-corrected chi connectivity index (χ1v) is 10.6. The summed E-state index contributed by atoms with van der Waals surface area (Å²) in [5.41, 5.74) is 0.842. The van der Waals surface area contributed by atoms with Crippen LogP contribution < -0.4 is 10.2 Å². The van der Waals surface area contributed by atoms with Gasteiger partial charge in [0.2, 0.25) is 5.91 Å². The molecule has 0 bridgehead atoms. The lowest BCUT2D eigenvalue weighted by Crippen LogP contribution is -2.53. The predicted octanol–water partition coefficient (Wildman–Crippen LogP) is 3.28. The van der Waals surface area contributed by atoms with Crippen molar-refractivity contribution in [1.82, 2.24) is 10.2 Å². The summed E-state index contributed by atoms with van der Waals surface area (Å²) in [7, 11) is 0. The van der Waals surface area contributed by atoms with Crippen LogP contribution in [0.25, 0.3) is 0 Å². The summed E-state index contributed by atoms with van der Waals surface area (Å²) in [4.78, 5) is 30.1. The zero-order valence-electron chi connectivity index (χ0n) is 15.6. The minimum atomic E-state index is -0.404. The maximum atomic E-state index is 13.5. The summed E-state index contributed by atoms with van der Waals surface area (Å²) in [6.07, 6.45) is 3.37. The van der Waals surface area contributed by atoms with Crippen LogP contribution in [0.5, 0.6) is 0 Å². The third-order valence-electron chi connectivity index (χ3n) is 5.49. The summed E-state index contributed by atoms with van der Waals surface area (Å²) in [5, 5.41) is 5.02. The number of likely N-dealkylation sites (tertiary alicyclic amines) is 1. The Morgan fingerprint density at radius 3 is 2.75 bits per heavy atom. The second-order valence-corrected chi connectivity index (χ2v) is 8.36. The number of carbonyl (C=O) groups is 2. The molecule has 0 aliphatic carbocycles. The molecular weight excluding hydrogens is 377 g/mol. The standard InChI is InChI=1S/C21H24FN3O2S/c22-15-5-1-7-17(13-15)24-10-2-6-16(14-24)23-20(26)18-8-3-11-25(18)21(27)19-9-4-12-28-19/h1,4-5,7,9,12-13,16,18H,2-3,6,8,10-11,14H2,(H,23,26)/t16?,18-/m0/s1. The van der Waals surface area contributed by atoms with Gasteiger partial charge in [-0.3, -0.25) is 9.59 Å². The highest BCUT2D eigenvalue weighted by Crippen LogP contribution is 2.24. The van der Waals surface area contributed by atoms with Gasteiger partial charge in [-0.1, -0.05) is 12.1 Å². The fraction of sp³-hybridized carbons (Fsp3) is 0.429. The Balaban J connectivity index is 1.39. The van der Waals surface area contributed by atoms with Gasteiger partial charge in [0.25, 0.3) is 5.91 Å². The van der Waals surface area contributed by atoms with Gasteiger partial charge in [0, 0.05) is 31.4 Å². The highest BCUT2D eigenvalue weighted by Gasteiger charge is 2.36. The average molecular weight is 402 g/mol. The van der Waals surface area contributed by atoms with Gasteiger partial charge in [-0.2, -0.15) is 0 Å². The second-order valence-electron chi connectivity index (χ2n) is 7.41. The molecule has 3 heterocycles. The Morgan fingerprint density at radius 2 is 1.96 bits per heavy atom. The van der Waals surface area contributed by atoms with Crippen LogP contribution >= 0.6 is 11.3 Å². The van der Waals surface area contributed by atoms with Crippen molar-refractivity contribution in [1.29, 1.82) is 0 Å². The van der Waals surface area contributed by atoms with Gasteiger partial charge < -0.3 is 15.1 Å². The maximum Gasteiger partial charge on any atom is 0.264 e. The maximum absolute atomic E-state index is 13.5. The fourth-order valence-corrected chi connectivity index (χ4v) is 4.80. The van der Waals surface area contributed by atoms with Crippen molar-refractivity contribution in [2.24, 2.45) is 0 Å². The zero-order valence-corrected chi connectivity index (χ0v) is 16.5. The molecule has 28 heavy (non-hydrogen) atoms. The molecule has 148 valence electrons. The van der Waals surface area contributed by atoms with Crippen LogP contribution in [0.1, 0.15) is 35.4 Å². The summed E-state index contributed by atoms with van der Waals surface area (Å²) in [5.74, 6) is -0.386. The van der Waals surface area contributed by atoms with Gasteiger partial charge in [0.05, 0.1) is 4.88 Å². The van der Waals surface area contributed by atoms with E-state index in [0.717, 1.165) is 31.5 Å². The van der Waals surface area contributed by atoms with E-state index < -0.39 is 6.04 Å². The topological polar surface area (TPSA) is 52.7 Å². The molecule has 1 aromatic carbocycles. The van der Waals surface area contributed by atoms with E-state index in [4.69, 9.17) is 0 Å². The molecule has 0 saturated carbocycles. The largest absolute Gasteiger partial charge is 0.369 e. The van der Waals surface area contributed by atoms with E-state index in [1.54, 1.807) is 17.0 Å². The third kappa shape index (κ3) is 4.04. The summed E-state index contributed by atoms with van der Waals surface area (Å²) in [6.45, 7) is 2.12. The van der Waals surface area contributed by atoms with Crippen LogP contribution in [0.15, 0.2) is 41.8 Å². The van der Waals surface area contributed by atoms with Crippen molar-refractivity contribution in [3.8, 4) is 0 Å². The van der Waals surface area contributed by atoms with E-state index in [0.29, 0.717) is 24.4 Å². The lowest BCUT2D eigenvalue weighted by molar-refractivity contribution is -0.125. The van der Waals surface area contributed by atoms with Crippen LogP contribution in [-0.2, 0) is 4.79 Å². The van der Waals surface area contributed by atoms with Crippen molar-refractivity contribution in [3.63, 3.8) is 0 Å². The number of carbonyl (C=O) groups excluding carboxylic acids is 2. The summed E-state index contributed by atoms with van der Waals surface area (Å²) in [6, 6.07) is 9.83. The first kappa shape index (κ1) is 18.9. The minimum Gasteiger partial charge on any atom is -0.369 e. The van der Waals surface area contributed by atoms with Crippen LogP contribution in [-0.4, -0.2) is 48.4 Å². The molecule has 1 N–H and O–H groups in total. The van der Waals surface area contributed by atoms with Gasteiger partial charge >= 0.3 is 0 Å². The molecule has 2 atom stereocenters. The monoisotopic (exact) mass is 401 g/mol. The van der Waals surface area contributed by atoms with E-state index in [9.17, 15) is 14.0 Å². The molecule has 2 saturated heterocycles. The Kier molecular flexibility index (Phi) is 5.62. The van der Waals surface area contributed by atoms with Gasteiger partial charge in [-0.25, -0.2) is 4.39 Å². The molecule has 2 amide bonds. The number of amides is 2.